The Hall–Kier alpha value is -1.29. The maximum atomic E-state index is 10.9. The van der Waals surface area contributed by atoms with Crippen LogP contribution in [0.25, 0.3) is 0 Å². The normalized spacial score (nSPS) is 21.1. The average Bonchev–Trinajstić information content (AvgIpc) is 2.70. The Kier molecular flexibility index (Phi) is 4.07. The van der Waals surface area contributed by atoms with Crippen molar-refractivity contribution in [1.82, 2.24) is 4.90 Å². The molecule has 0 radical (unpaired) electrons. The summed E-state index contributed by atoms with van der Waals surface area (Å²) in [5.41, 5.74) is 0.710. The van der Waals surface area contributed by atoms with Gasteiger partial charge in [-0.25, -0.2) is 4.79 Å². The zero-order valence-electron chi connectivity index (χ0n) is 11.1. The minimum Gasteiger partial charge on any atom is -0.475 e. The Morgan fingerprint density at radius 1 is 1.61 bits per heavy atom. The van der Waals surface area contributed by atoms with Gasteiger partial charge < -0.3 is 9.52 Å². The maximum Gasteiger partial charge on any atom is 0.372 e. The van der Waals surface area contributed by atoms with E-state index in [1.165, 1.54) is 19.3 Å². The van der Waals surface area contributed by atoms with E-state index in [0.717, 1.165) is 31.3 Å². The Morgan fingerprint density at radius 2 is 2.39 bits per heavy atom. The van der Waals surface area contributed by atoms with Crippen molar-refractivity contribution in [2.24, 2.45) is 5.92 Å². The van der Waals surface area contributed by atoms with Crippen molar-refractivity contribution in [2.45, 2.75) is 39.7 Å². The van der Waals surface area contributed by atoms with Crippen LogP contribution in [0.5, 0.6) is 0 Å². The van der Waals surface area contributed by atoms with Crippen LogP contribution < -0.4 is 0 Å². The quantitative estimate of drug-likeness (QED) is 0.894. The third kappa shape index (κ3) is 2.93. The number of aromatic carboxylic acids is 1. The summed E-state index contributed by atoms with van der Waals surface area (Å²) < 4.78 is 5.41. The van der Waals surface area contributed by atoms with E-state index in [9.17, 15) is 4.79 Å². The van der Waals surface area contributed by atoms with Crippen molar-refractivity contribution >= 4 is 5.97 Å². The molecule has 1 unspecified atom stereocenters. The van der Waals surface area contributed by atoms with E-state index in [1.54, 1.807) is 6.92 Å². The molecule has 1 aliphatic rings. The van der Waals surface area contributed by atoms with Crippen LogP contribution in [0.2, 0.25) is 0 Å². The van der Waals surface area contributed by atoms with Crippen molar-refractivity contribution < 1.29 is 14.3 Å². The van der Waals surface area contributed by atoms with Crippen LogP contribution in [0.15, 0.2) is 10.5 Å². The molecule has 1 aliphatic heterocycles. The first-order valence-electron chi connectivity index (χ1n) is 6.65. The number of furan rings is 1. The third-order valence-corrected chi connectivity index (χ3v) is 3.72. The van der Waals surface area contributed by atoms with Gasteiger partial charge in [-0.1, -0.05) is 13.3 Å². The molecule has 1 aromatic heterocycles. The summed E-state index contributed by atoms with van der Waals surface area (Å²) in [7, 11) is 0. The molecule has 1 fully saturated rings. The van der Waals surface area contributed by atoms with Crippen LogP contribution in [0.4, 0.5) is 0 Å². The number of carbonyl (C=O) groups is 1. The molecular weight excluding hydrogens is 230 g/mol. The lowest BCUT2D eigenvalue weighted by molar-refractivity contribution is 0.0655. The number of hydrogen-bond acceptors (Lipinski definition) is 3. The monoisotopic (exact) mass is 251 g/mol. The highest BCUT2D eigenvalue weighted by molar-refractivity contribution is 5.86. The number of likely N-dealkylation sites (tertiary alicyclic amines) is 1. The van der Waals surface area contributed by atoms with Crippen molar-refractivity contribution in [3.63, 3.8) is 0 Å². The molecule has 0 aliphatic carbocycles. The van der Waals surface area contributed by atoms with Gasteiger partial charge in [0.2, 0.25) is 5.76 Å². The van der Waals surface area contributed by atoms with Crippen LogP contribution in [0.3, 0.4) is 0 Å². The molecule has 1 atom stereocenters. The third-order valence-electron chi connectivity index (χ3n) is 3.72. The lowest BCUT2D eigenvalue weighted by atomic mass is 9.96. The molecule has 0 saturated carbocycles. The highest BCUT2D eigenvalue weighted by Gasteiger charge is 2.21. The van der Waals surface area contributed by atoms with Gasteiger partial charge >= 0.3 is 5.97 Å². The second-order valence-corrected chi connectivity index (χ2v) is 5.18. The van der Waals surface area contributed by atoms with Crippen LogP contribution in [0.1, 0.15) is 48.1 Å². The predicted octanol–water partition coefficient (Wildman–Crippen LogP) is 2.91. The molecule has 0 aromatic carbocycles. The highest BCUT2D eigenvalue weighted by atomic mass is 16.4. The SMILES string of the molecule is CCC1CCCN(Cc2cc(C)c(C(=O)O)o2)C1. The summed E-state index contributed by atoms with van der Waals surface area (Å²) in [6, 6.07) is 1.85. The zero-order chi connectivity index (χ0) is 13.1. The number of rotatable bonds is 4. The topological polar surface area (TPSA) is 53.7 Å². The lowest BCUT2D eigenvalue weighted by Gasteiger charge is -2.31. The van der Waals surface area contributed by atoms with Gasteiger partial charge in [0.25, 0.3) is 0 Å². The number of aryl methyl sites for hydroxylation is 1. The van der Waals surface area contributed by atoms with Gasteiger partial charge in [-0.3, -0.25) is 4.90 Å². The summed E-state index contributed by atoms with van der Waals surface area (Å²) in [5, 5.41) is 8.96. The van der Waals surface area contributed by atoms with Gasteiger partial charge in [-0.2, -0.15) is 0 Å². The predicted molar refractivity (Wildman–Crippen MR) is 68.7 cm³/mol. The van der Waals surface area contributed by atoms with E-state index in [1.807, 2.05) is 6.07 Å². The molecule has 4 nitrogen and oxygen atoms in total. The zero-order valence-corrected chi connectivity index (χ0v) is 11.1. The van der Waals surface area contributed by atoms with Crippen LogP contribution >= 0.6 is 0 Å². The van der Waals surface area contributed by atoms with E-state index in [0.29, 0.717) is 5.56 Å². The highest BCUT2D eigenvalue weighted by Crippen LogP contribution is 2.22. The van der Waals surface area contributed by atoms with E-state index >= 15 is 0 Å². The van der Waals surface area contributed by atoms with Gasteiger partial charge in [0.05, 0.1) is 6.54 Å². The molecule has 1 aromatic rings. The van der Waals surface area contributed by atoms with Crippen molar-refractivity contribution in [3.05, 3.63) is 23.2 Å². The fourth-order valence-electron chi connectivity index (χ4n) is 2.69. The van der Waals surface area contributed by atoms with E-state index < -0.39 is 5.97 Å². The summed E-state index contributed by atoms with van der Waals surface area (Å²) in [6.07, 6.45) is 3.75. The molecule has 0 bridgehead atoms. The van der Waals surface area contributed by atoms with E-state index in [2.05, 4.69) is 11.8 Å². The van der Waals surface area contributed by atoms with Gasteiger partial charge in [-0.15, -0.1) is 0 Å². The number of carboxylic acid groups (broad SMARTS) is 1. The van der Waals surface area contributed by atoms with Crippen molar-refractivity contribution in [3.8, 4) is 0 Å². The summed E-state index contributed by atoms with van der Waals surface area (Å²) in [5.74, 6) is 0.633. The Morgan fingerprint density at radius 3 is 3.00 bits per heavy atom. The summed E-state index contributed by atoms with van der Waals surface area (Å²) in [6.45, 7) is 6.91. The van der Waals surface area contributed by atoms with Crippen LogP contribution in [0, 0.1) is 12.8 Å². The minimum atomic E-state index is -0.983. The fraction of sp³-hybridized carbons (Fsp3) is 0.643. The van der Waals surface area contributed by atoms with Gasteiger partial charge in [0.1, 0.15) is 5.76 Å². The number of hydrogen-bond donors (Lipinski definition) is 1. The van der Waals surface area contributed by atoms with Gasteiger partial charge in [-0.05, 0) is 38.3 Å². The van der Waals surface area contributed by atoms with Gasteiger partial charge in [0, 0.05) is 12.1 Å². The summed E-state index contributed by atoms with van der Waals surface area (Å²) >= 11 is 0. The molecule has 100 valence electrons. The van der Waals surface area contributed by atoms with Crippen LogP contribution in [-0.2, 0) is 6.54 Å². The van der Waals surface area contributed by atoms with E-state index in [4.69, 9.17) is 9.52 Å². The average molecular weight is 251 g/mol. The molecule has 1 N–H and O–H groups in total. The van der Waals surface area contributed by atoms with Crippen molar-refractivity contribution in [1.29, 1.82) is 0 Å². The molecule has 1 saturated heterocycles. The smallest absolute Gasteiger partial charge is 0.372 e. The number of carboxylic acids is 1. The number of nitrogens with zero attached hydrogens (tertiary/aromatic N) is 1. The molecule has 2 rings (SSSR count). The first kappa shape index (κ1) is 13.1. The van der Waals surface area contributed by atoms with Gasteiger partial charge in [0.15, 0.2) is 0 Å². The molecule has 2 heterocycles. The fourth-order valence-corrected chi connectivity index (χ4v) is 2.69. The molecule has 0 spiro atoms. The molecule has 18 heavy (non-hydrogen) atoms. The Bertz CT molecular complexity index is 425. The number of piperidine rings is 1. The van der Waals surface area contributed by atoms with Crippen LogP contribution in [-0.4, -0.2) is 29.1 Å². The first-order chi connectivity index (χ1) is 8.60. The molecule has 0 amide bonds. The molecular formula is C14H21NO3. The standard InChI is InChI=1S/C14H21NO3/c1-3-11-5-4-6-15(8-11)9-12-7-10(2)13(18-12)14(16)17/h7,11H,3-6,8-9H2,1-2H3,(H,16,17). The summed E-state index contributed by atoms with van der Waals surface area (Å²) in [4.78, 5) is 13.3. The first-order valence-corrected chi connectivity index (χ1v) is 6.65. The van der Waals surface area contributed by atoms with Crippen molar-refractivity contribution in [2.75, 3.05) is 13.1 Å². The van der Waals surface area contributed by atoms with E-state index in [-0.39, 0.29) is 5.76 Å². The largest absolute Gasteiger partial charge is 0.475 e. The minimum absolute atomic E-state index is 0.0778. The molecule has 4 heteroatoms. The Labute approximate surface area is 108 Å². The second-order valence-electron chi connectivity index (χ2n) is 5.18. The lowest BCUT2D eigenvalue weighted by Crippen LogP contribution is -2.34. The second kappa shape index (κ2) is 5.57. The Balaban J connectivity index is 2.00. The maximum absolute atomic E-state index is 10.9.